The van der Waals surface area contributed by atoms with Crippen LogP contribution in [-0.2, 0) is 4.74 Å². The highest BCUT2D eigenvalue weighted by molar-refractivity contribution is 7.99. The molecule has 1 aromatic carbocycles. The molecule has 0 bridgehead atoms. The third-order valence-corrected chi connectivity index (χ3v) is 3.94. The lowest BCUT2D eigenvalue weighted by atomic mass is 10.0. The van der Waals surface area contributed by atoms with E-state index in [1.165, 1.54) is 16.7 Å². The monoisotopic (exact) mass is 253 g/mol. The van der Waals surface area contributed by atoms with Crippen LogP contribution in [0.2, 0.25) is 0 Å². The second-order valence-electron chi connectivity index (χ2n) is 4.39. The summed E-state index contributed by atoms with van der Waals surface area (Å²) in [4.78, 5) is 0. The van der Waals surface area contributed by atoms with Gasteiger partial charge in [0, 0.05) is 25.5 Å². The zero-order valence-corrected chi connectivity index (χ0v) is 11.8. The van der Waals surface area contributed by atoms with E-state index >= 15 is 0 Å². The van der Waals surface area contributed by atoms with Crippen molar-refractivity contribution in [2.75, 3.05) is 25.2 Å². The Hall–Kier alpha value is -0.510. The van der Waals surface area contributed by atoms with Gasteiger partial charge in [-0.2, -0.15) is 11.8 Å². The standard InChI is InChI=1S/C14H23NOS/c1-11-5-6-12(2)13(9-11)14(15)10-17-8-4-7-16-3/h5-6,9,14H,4,7-8,10,15H2,1-3H3. The molecule has 0 aliphatic carbocycles. The van der Waals surface area contributed by atoms with Crippen LogP contribution >= 0.6 is 11.8 Å². The van der Waals surface area contributed by atoms with E-state index in [9.17, 15) is 0 Å². The van der Waals surface area contributed by atoms with Crippen molar-refractivity contribution in [3.8, 4) is 0 Å². The molecule has 0 aliphatic rings. The number of benzene rings is 1. The van der Waals surface area contributed by atoms with E-state index in [-0.39, 0.29) is 6.04 Å². The second kappa shape index (κ2) is 7.75. The van der Waals surface area contributed by atoms with Crippen molar-refractivity contribution in [2.45, 2.75) is 26.3 Å². The van der Waals surface area contributed by atoms with Crippen molar-refractivity contribution in [3.05, 3.63) is 34.9 Å². The molecule has 96 valence electrons. The number of aryl methyl sites for hydroxylation is 2. The number of methoxy groups -OCH3 is 1. The first-order valence-corrected chi connectivity index (χ1v) is 7.20. The van der Waals surface area contributed by atoms with Crippen molar-refractivity contribution in [2.24, 2.45) is 5.73 Å². The Kier molecular flexibility index (Phi) is 6.63. The molecule has 0 amide bonds. The van der Waals surface area contributed by atoms with Crippen LogP contribution in [0.25, 0.3) is 0 Å². The van der Waals surface area contributed by atoms with Gasteiger partial charge in [0.05, 0.1) is 0 Å². The van der Waals surface area contributed by atoms with E-state index in [0.717, 1.165) is 24.5 Å². The lowest BCUT2D eigenvalue weighted by molar-refractivity contribution is 0.200. The van der Waals surface area contributed by atoms with Crippen LogP contribution in [0.15, 0.2) is 18.2 Å². The van der Waals surface area contributed by atoms with Gasteiger partial charge >= 0.3 is 0 Å². The van der Waals surface area contributed by atoms with Crippen LogP contribution in [-0.4, -0.2) is 25.2 Å². The Labute approximate surface area is 109 Å². The molecule has 1 atom stereocenters. The first-order chi connectivity index (χ1) is 8.15. The van der Waals surface area contributed by atoms with Crippen molar-refractivity contribution >= 4 is 11.8 Å². The maximum atomic E-state index is 6.23. The van der Waals surface area contributed by atoms with E-state index < -0.39 is 0 Å². The quantitative estimate of drug-likeness (QED) is 0.759. The van der Waals surface area contributed by atoms with Crippen molar-refractivity contribution in [1.82, 2.24) is 0 Å². The fourth-order valence-electron chi connectivity index (χ4n) is 1.76. The number of ether oxygens (including phenoxy) is 1. The minimum atomic E-state index is 0.141. The molecule has 0 aromatic heterocycles. The summed E-state index contributed by atoms with van der Waals surface area (Å²) in [5.41, 5.74) is 10.1. The normalized spacial score (nSPS) is 12.7. The predicted octanol–water partition coefficient (Wildman–Crippen LogP) is 3.07. The third-order valence-electron chi connectivity index (χ3n) is 2.77. The van der Waals surface area contributed by atoms with Crippen molar-refractivity contribution in [3.63, 3.8) is 0 Å². The van der Waals surface area contributed by atoms with Crippen LogP contribution in [0.5, 0.6) is 0 Å². The summed E-state index contributed by atoms with van der Waals surface area (Å²) in [6.45, 7) is 5.08. The van der Waals surface area contributed by atoms with E-state index in [1.54, 1.807) is 7.11 Å². The van der Waals surface area contributed by atoms with Crippen LogP contribution < -0.4 is 5.73 Å². The van der Waals surface area contributed by atoms with Gasteiger partial charge in [0.25, 0.3) is 0 Å². The van der Waals surface area contributed by atoms with Crippen molar-refractivity contribution < 1.29 is 4.74 Å². The molecule has 3 heteroatoms. The lowest BCUT2D eigenvalue weighted by Crippen LogP contribution is -2.15. The number of rotatable bonds is 7. The first-order valence-electron chi connectivity index (χ1n) is 6.04. The molecule has 1 unspecified atom stereocenters. The molecule has 2 nitrogen and oxygen atoms in total. The largest absolute Gasteiger partial charge is 0.385 e. The van der Waals surface area contributed by atoms with Crippen LogP contribution in [0.1, 0.15) is 29.2 Å². The highest BCUT2D eigenvalue weighted by Crippen LogP contribution is 2.21. The van der Waals surface area contributed by atoms with E-state index in [4.69, 9.17) is 10.5 Å². The fourth-order valence-corrected chi connectivity index (χ4v) is 2.69. The zero-order valence-electron chi connectivity index (χ0n) is 11.0. The molecule has 0 fully saturated rings. The third kappa shape index (κ3) is 5.11. The first kappa shape index (κ1) is 14.6. The molecule has 17 heavy (non-hydrogen) atoms. The van der Waals surface area contributed by atoms with Gasteiger partial charge in [-0.25, -0.2) is 0 Å². The van der Waals surface area contributed by atoms with Gasteiger partial charge in [-0.3, -0.25) is 0 Å². The highest BCUT2D eigenvalue weighted by Gasteiger charge is 2.08. The molecular formula is C14H23NOS. The summed E-state index contributed by atoms with van der Waals surface area (Å²) in [5, 5.41) is 0. The average molecular weight is 253 g/mol. The Morgan fingerprint density at radius 2 is 2.12 bits per heavy atom. The van der Waals surface area contributed by atoms with Crippen molar-refractivity contribution in [1.29, 1.82) is 0 Å². The number of nitrogens with two attached hydrogens (primary N) is 1. The molecule has 1 aromatic rings. The van der Waals surface area contributed by atoms with Gasteiger partial charge in [-0.05, 0) is 37.1 Å². The highest BCUT2D eigenvalue weighted by atomic mass is 32.2. The van der Waals surface area contributed by atoms with Crippen LogP contribution in [0.4, 0.5) is 0 Å². The number of hydrogen-bond donors (Lipinski definition) is 1. The Bertz CT molecular complexity index is 341. The van der Waals surface area contributed by atoms with Gasteiger partial charge in [0.1, 0.15) is 0 Å². The van der Waals surface area contributed by atoms with Crippen LogP contribution in [0.3, 0.4) is 0 Å². The molecule has 2 N–H and O–H groups in total. The maximum Gasteiger partial charge on any atom is 0.0470 e. The van der Waals surface area contributed by atoms with Gasteiger partial charge < -0.3 is 10.5 Å². The summed E-state index contributed by atoms with van der Waals surface area (Å²) in [6, 6.07) is 6.63. The Balaban J connectivity index is 2.41. The summed E-state index contributed by atoms with van der Waals surface area (Å²) < 4.78 is 5.02. The van der Waals surface area contributed by atoms with Gasteiger partial charge in [-0.1, -0.05) is 23.8 Å². The summed E-state index contributed by atoms with van der Waals surface area (Å²) >= 11 is 1.91. The second-order valence-corrected chi connectivity index (χ2v) is 5.54. The molecule has 1 rings (SSSR count). The molecule has 0 heterocycles. The molecule has 0 saturated heterocycles. The lowest BCUT2D eigenvalue weighted by Gasteiger charge is -2.15. The minimum Gasteiger partial charge on any atom is -0.385 e. The van der Waals surface area contributed by atoms with E-state index in [2.05, 4.69) is 32.0 Å². The maximum absolute atomic E-state index is 6.23. The SMILES string of the molecule is COCCCSCC(N)c1cc(C)ccc1C. The van der Waals surface area contributed by atoms with Gasteiger partial charge in [0.2, 0.25) is 0 Å². The minimum absolute atomic E-state index is 0.141. The zero-order chi connectivity index (χ0) is 12.7. The smallest absolute Gasteiger partial charge is 0.0470 e. The van der Waals surface area contributed by atoms with E-state index in [1.807, 2.05) is 11.8 Å². The summed E-state index contributed by atoms with van der Waals surface area (Å²) in [7, 11) is 1.74. The Morgan fingerprint density at radius 3 is 2.82 bits per heavy atom. The van der Waals surface area contributed by atoms with E-state index in [0.29, 0.717) is 0 Å². The average Bonchev–Trinajstić information content (AvgIpc) is 2.32. The topological polar surface area (TPSA) is 35.2 Å². The molecule has 0 spiro atoms. The van der Waals surface area contributed by atoms with Crippen LogP contribution in [0, 0.1) is 13.8 Å². The van der Waals surface area contributed by atoms with Gasteiger partial charge in [0.15, 0.2) is 0 Å². The molecule has 0 radical (unpaired) electrons. The van der Waals surface area contributed by atoms with Gasteiger partial charge in [-0.15, -0.1) is 0 Å². The fraction of sp³-hybridized carbons (Fsp3) is 0.571. The molecule has 0 saturated carbocycles. The Morgan fingerprint density at radius 1 is 1.35 bits per heavy atom. The number of thioether (sulfide) groups is 1. The number of hydrogen-bond acceptors (Lipinski definition) is 3. The molecule has 0 aliphatic heterocycles. The molecular weight excluding hydrogens is 230 g/mol. The summed E-state index contributed by atoms with van der Waals surface area (Å²) in [5.74, 6) is 2.10. The predicted molar refractivity (Wildman–Crippen MR) is 76.7 cm³/mol. The summed E-state index contributed by atoms with van der Waals surface area (Å²) in [6.07, 6.45) is 1.10.